The summed E-state index contributed by atoms with van der Waals surface area (Å²) in [5.41, 5.74) is 2.86. The minimum atomic E-state index is -0.192. The summed E-state index contributed by atoms with van der Waals surface area (Å²) in [5.74, 6) is 1.17. The fraction of sp³-hybridized carbons (Fsp3) is 0.107. The fourth-order valence-electron chi connectivity index (χ4n) is 3.77. The molecular formula is C28H23N5O3S. The predicted octanol–water partition coefficient (Wildman–Crippen LogP) is 5.33. The van der Waals surface area contributed by atoms with E-state index < -0.39 is 0 Å². The number of nitrogens with zero attached hydrogens (tertiary/aromatic N) is 4. The summed E-state index contributed by atoms with van der Waals surface area (Å²) in [4.78, 5) is 28.5. The molecule has 8 nitrogen and oxygen atoms in total. The molecule has 9 heteroatoms. The lowest BCUT2D eigenvalue weighted by Crippen LogP contribution is -2.15. The van der Waals surface area contributed by atoms with Gasteiger partial charge in [-0.15, -0.1) is 10.2 Å². The van der Waals surface area contributed by atoms with Gasteiger partial charge in [-0.25, -0.2) is 0 Å². The predicted molar refractivity (Wildman–Crippen MR) is 143 cm³/mol. The van der Waals surface area contributed by atoms with E-state index in [2.05, 4.69) is 20.5 Å². The van der Waals surface area contributed by atoms with Crippen molar-refractivity contribution >= 4 is 40.0 Å². The van der Waals surface area contributed by atoms with Crippen molar-refractivity contribution in [1.82, 2.24) is 19.7 Å². The molecule has 3 aromatic carbocycles. The Morgan fingerprint density at radius 1 is 0.919 bits per heavy atom. The van der Waals surface area contributed by atoms with E-state index >= 15 is 0 Å². The lowest BCUT2D eigenvalue weighted by molar-refractivity contribution is -0.113. The molecule has 0 atom stereocenters. The summed E-state index contributed by atoms with van der Waals surface area (Å²) < 4.78 is 8.00. The number of ether oxygens (including phenoxy) is 1. The third-order valence-electron chi connectivity index (χ3n) is 5.57. The Labute approximate surface area is 217 Å². The van der Waals surface area contributed by atoms with Crippen LogP contribution in [0.3, 0.4) is 0 Å². The standard InChI is InChI=1S/C28H23N5O3S/c1-19(34)20-12-14-22(15-13-20)30-26(35)18-37-28-32-31-25(33(28)23-9-3-2-4-10-23)17-36-24-11-5-7-21-8-6-16-29-27(21)24/h2-16H,17-18H2,1H3,(H,30,35). The molecule has 0 aliphatic carbocycles. The maximum Gasteiger partial charge on any atom is 0.234 e. The van der Waals surface area contributed by atoms with E-state index in [1.807, 2.05) is 65.2 Å². The molecular weight excluding hydrogens is 486 g/mol. The molecule has 0 fully saturated rings. The van der Waals surface area contributed by atoms with Gasteiger partial charge < -0.3 is 10.1 Å². The Hall–Kier alpha value is -4.50. The van der Waals surface area contributed by atoms with Crippen molar-refractivity contribution in [3.63, 3.8) is 0 Å². The van der Waals surface area contributed by atoms with Crippen LogP contribution in [0.5, 0.6) is 5.75 Å². The van der Waals surface area contributed by atoms with Gasteiger partial charge in [0, 0.05) is 28.5 Å². The molecule has 0 spiro atoms. The Morgan fingerprint density at radius 2 is 1.70 bits per heavy atom. The third-order valence-corrected chi connectivity index (χ3v) is 6.50. The van der Waals surface area contributed by atoms with Crippen molar-refractivity contribution in [3.05, 3.63) is 103 Å². The van der Waals surface area contributed by atoms with Gasteiger partial charge in [-0.05, 0) is 55.5 Å². The second-order valence-corrected chi connectivity index (χ2v) is 9.10. The van der Waals surface area contributed by atoms with E-state index in [1.165, 1.54) is 18.7 Å². The Morgan fingerprint density at radius 3 is 2.49 bits per heavy atom. The van der Waals surface area contributed by atoms with Crippen molar-refractivity contribution in [2.45, 2.75) is 18.7 Å². The van der Waals surface area contributed by atoms with E-state index in [0.29, 0.717) is 28.0 Å². The first-order chi connectivity index (χ1) is 18.1. The van der Waals surface area contributed by atoms with Gasteiger partial charge in [0.1, 0.15) is 17.9 Å². The second kappa shape index (κ2) is 11.0. The van der Waals surface area contributed by atoms with Gasteiger partial charge in [-0.1, -0.05) is 48.2 Å². The smallest absolute Gasteiger partial charge is 0.234 e. The summed E-state index contributed by atoms with van der Waals surface area (Å²) in [5, 5.41) is 13.1. The molecule has 2 heterocycles. The molecule has 5 rings (SSSR count). The number of rotatable bonds is 9. The lowest BCUT2D eigenvalue weighted by Gasteiger charge is -2.12. The number of anilines is 1. The van der Waals surface area contributed by atoms with E-state index in [0.717, 1.165) is 16.6 Å². The Bertz CT molecular complexity index is 1550. The van der Waals surface area contributed by atoms with Crippen LogP contribution in [0.25, 0.3) is 16.6 Å². The highest BCUT2D eigenvalue weighted by molar-refractivity contribution is 7.99. The molecule has 0 radical (unpaired) electrons. The number of para-hydroxylation sites is 2. The number of benzene rings is 3. The number of fused-ring (bicyclic) bond motifs is 1. The van der Waals surface area contributed by atoms with Gasteiger partial charge in [-0.3, -0.25) is 19.1 Å². The minimum Gasteiger partial charge on any atom is -0.483 e. The topological polar surface area (TPSA) is 99.0 Å². The summed E-state index contributed by atoms with van der Waals surface area (Å²) in [7, 11) is 0. The van der Waals surface area contributed by atoms with Gasteiger partial charge in [0.25, 0.3) is 0 Å². The maximum atomic E-state index is 12.6. The number of hydrogen-bond donors (Lipinski definition) is 1. The highest BCUT2D eigenvalue weighted by Crippen LogP contribution is 2.26. The highest BCUT2D eigenvalue weighted by atomic mass is 32.2. The van der Waals surface area contributed by atoms with Crippen LogP contribution in [0.2, 0.25) is 0 Å². The van der Waals surface area contributed by atoms with Gasteiger partial charge in [0.05, 0.1) is 5.75 Å². The van der Waals surface area contributed by atoms with E-state index in [4.69, 9.17) is 4.74 Å². The summed E-state index contributed by atoms with van der Waals surface area (Å²) >= 11 is 1.28. The number of pyridine rings is 1. The molecule has 0 saturated heterocycles. The number of hydrogen-bond acceptors (Lipinski definition) is 7. The number of carbonyl (C=O) groups is 2. The van der Waals surface area contributed by atoms with Crippen LogP contribution in [0.15, 0.2) is 96.3 Å². The van der Waals surface area contributed by atoms with Crippen molar-refractivity contribution < 1.29 is 14.3 Å². The first-order valence-corrected chi connectivity index (χ1v) is 12.6. The zero-order valence-corrected chi connectivity index (χ0v) is 20.8. The monoisotopic (exact) mass is 509 g/mol. The van der Waals surface area contributed by atoms with Gasteiger partial charge in [0.15, 0.2) is 16.8 Å². The lowest BCUT2D eigenvalue weighted by atomic mass is 10.1. The third kappa shape index (κ3) is 5.68. The SMILES string of the molecule is CC(=O)c1ccc(NC(=O)CSc2nnc(COc3cccc4cccnc34)n2-c2ccccc2)cc1. The second-order valence-electron chi connectivity index (χ2n) is 8.16. The molecule has 37 heavy (non-hydrogen) atoms. The summed E-state index contributed by atoms with van der Waals surface area (Å²) in [6.45, 7) is 1.68. The molecule has 1 N–H and O–H groups in total. The number of amides is 1. The van der Waals surface area contributed by atoms with E-state index in [1.54, 1.807) is 30.5 Å². The molecule has 0 aliphatic rings. The number of carbonyl (C=O) groups excluding carboxylic acids is 2. The molecule has 0 bridgehead atoms. The molecule has 184 valence electrons. The minimum absolute atomic E-state index is 0.0230. The van der Waals surface area contributed by atoms with Crippen molar-refractivity contribution in [2.24, 2.45) is 0 Å². The molecule has 0 aliphatic heterocycles. The van der Waals surface area contributed by atoms with Crippen LogP contribution in [-0.2, 0) is 11.4 Å². The molecule has 0 saturated carbocycles. The Kier molecular flexibility index (Phi) is 7.23. The zero-order valence-electron chi connectivity index (χ0n) is 20.0. The van der Waals surface area contributed by atoms with Gasteiger partial charge >= 0.3 is 0 Å². The molecule has 0 unspecified atom stereocenters. The summed E-state index contributed by atoms with van der Waals surface area (Å²) in [6.07, 6.45) is 1.74. The summed E-state index contributed by atoms with van der Waals surface area (Å²) in [6, 6.07) is 26.2. The van der Waals surface area contributed by atoms with Crippen LogP contribution < -0.4 is 10.1 Å². The number of thioether (sulfide) groups is 1. The van der Waals surface area contributed by atoms with Crippen molar-refractivity contribution in [1.29, 1.82) is 0 Å². The molecule has 1 amide bonds. The highest BCUT2D eigenvalue weighted by Gasteiger charge is 2.17. The average Bonchev–Trinajstić information content (AvgIpc) is 3.34. The van der Waals surface area contributed by atoms with Crippen molar-refractivity contribution in [2.75, 3.05) is 11.1 Å². The van der Waals surface area contributed by atoms with Crippen LogP contribution in [-0.4, -0.2) is 37.2 Å². The van der Waals surface area contributed by atoms with Crippen LogP contribution in [0.1, 0.15) is 23.1 Å². The van der Waals surface area contributed by atoms with Crippen LogP contribution in [0.4, 0.5) is 5.69 Å². The van der Waals surface area contributed by atoms with Gasteiger partial charge in [-0.2, -0.15) is 0 Å². The van der Waals surface area contributed by atoms with E-state index in [9.17, 15) is 9.59 Å². The fourth-order valence-corrected chi connectivity index (χ4v) is 4.54. The quantitative estimate of drug-likeness (QED) is 0.212. The Balaban J connectivity index is 1.32. The van der Waals surface area contributed by atoms with Gasteiger partial charge in [0.2, 0.25) is 5.91 Å². The van der Waals surface area contributed by atoms with Crippen LogP contribution >= 0.6 is 11.8 Å². The zero-order chi connectivity index (χ0) is 25.6. The largest absolute Gasteiger partial charge is 0.483 e. The molecule has 2 aromatic heterocycles. The first kappa shape index (κ1) is 24.2. The first-order valence-electron chi connectivity index (χ1n) is 11.6. The van der Waals surface area contributed by atoms with Crippen LogP contribution in [0, 0.1) is 0 Å². The number of nitrogens with one attached hydrogen (secondary N) is 1. The molecule has 5 aromatic rings. The van der Waals surface area contributed by atoms with Crippen molar-refractivity contribution in [3.8, 4) is 11.4 Å². The average molecular weight is 510 g/mol. The maximum absolute atomic E-state index is 12.6. The van der Waals surface area contributed by atoms with E-state index in [-0.39, 0.29) is 24.1 Å². The number of Topliss-reactive ketones (excluding diaryl/α,β-unsaturated/α-hetero) is 1. The number of aromatic nitrogens is 4. The normalized spacial score (nSPS) is 10.8. The number of ketones is 1.